The third-order valence-electron chi connectivity index (χ3n) is 5.10. The Bertz CT molecular complexity index is 894. The fourth-order valence-corrected chi connectivity index (χ4v) is 3.48. The minimum absolute atomic E-state index is 0.0566. The Kier molecular flexibility index (Phi) is 4.81. The van der Waals surface area contributed by atoms with Gasteiger partial charge in [-0.1, -0.05) is 18.2 Å². The molecule has 0 aromatic heterocycles. The van der Waals surface area contributed by atoms with E-state index < -0.39 is 12.0 Å². The molecule has 1 aliphatic heterocycles. The van der Waals surface area contributed by atoms with E-state index in [4.69, 9.17) is 14.2 Å². The van der Waals surface area contributed by atoms with Gasteiger partial charge < -0.3 is 24.6 Å². The predicted molar refractivity (Wildman–Crippen MR) is 99.8 cm³/mol. The van der Waals surface area contributed by atoms with E-state index >= 15 is 0 Å². The van der Waals surface area contributed by atoms with Gasteiger partial charge in [0.1, 0.15) is 19.0 Å². The van der Waals surface area contributed by atoms with Gasteiger partial charge in [0.15, 0.2) is 17.5 Å². The van der Waals surface area contributed by atoms with Crippen molar-refractivity contribution >= 4 is 11.9 Å². The van der Waals surface area contributed by atoms with Crippen molar-refractivity contribution in [3.05, 3.63) is 53.6 Å². The Morgan fingerprint density at radius 3 is 2.50 bits per heavy atom. The summed E-state index contributed by atoms with van der Waals surface area (Å²) in [7, 11) is 1.54. The number of hydrogen-bond donors (Lipinski definition) is 2. The van der Waals surface area contributed by atoms with Crippen LogP contribution >= 0.6 is 0 Å². The van der Waals surface area contributed by atoms with E-state index in [1.807, 2.05) is 18.2 Å². The van der Waals surface area contributed by atoms with Gasteiger partial charge in [-0.05, 0) is 47.7 Å². The number of carbonyl (C=O) groups excluding carboxylic acids is 1. The van der Waals surface area contributed by atoms with Crippen LogP contribution in [0.1, 0.15) is 29.5 Å². The lowest BCUT2D eigenvalue weighted by Crippen LogP contribution is -2.35. The van der Waals surface area contributed by atoms with Gasteiger partial charge in [0.05, 0.1) is 7.11 Å². The summed E-state index contributed by atoms with van der Waals surface area (Å²) >= 11 is 0. The highest BCUT2D eigenvalue weighted by Crippen LogP contribution is 2.49. The first kappa shape index (κ1) is 18.2. The second-order valence-electron chi connectivity index (χ2n) is 6.90. The Hall–Kier alpha value is -3.22. The van der Waals surface area contributed by atoms with Crippen molar-refractivity contribution < 1.29 is 28.9 Å². The van der Waals surface area contributed by atoms with Crippen LogP contribution in [0.2, 0.25) is 0 Å². The van der Waals surface area contributed by atoms with E-state index in [0.717, 1.165) is 5.56 Å². The number of carboxylic acids is 1. The molecular weight excluding hydrogens is 362 g/mol. The zero-order valence-electron chi connectivity index (χ0n) is 15.4. The smallest absolute Gasteiger partial charge is 0.330 e. The monoisotopic (exact) mass is 383 g/mol. The SMILES string of the molecule is COc1ccc(C(NC(=O)C2CC2c2ccc3c(c2)OCCO3)C(=O)O)cc1. The summed E-state index contributed by atoms with van der Waals surface area (Å²) in [6.07, 6.45) is 0.681. The second-order valence-corrected chi connectivity index (χ2v) is 6.90. The highest BCUT2D eigenvalue weighted by atomic mass is 16.6. The van der Waals surface area contributed by atoms with Crippen molar-refractivity contribution in [1.29, 1.82) is 0 Å². The van der Waals surface area contributed by atoms with E-state index in [1.54, 1.807) is 24.3 Å². The summed E-state index contributed by atoms with van der Waals surface area (Å²) in [4.78, 5) is 24.3. The first-order chi connectivity index (χ1) is 13.6. The molecule has 1 heterocycles. The summed E-state index contributed by atoms with van der Waals surface area (Å²) in [5, 5.41) is 12.2. The van der Waals surface area contributed by atoms with E-state index in [2.05, 4.69) is 5.32 Å². The standard InChI is InChI=1S/C21H21NO6/c1-26-14-5-2-12(3-6-14)19(21(24)25)22-20(23)16-11-15(16)13-4-7-17-18(10-13)28-9-8-27-17/h2-7,10,15-16,19H,8-9,11H2,1H3,(H,22,23)(H,24,25). The number of fused-ring (bicyclic) bond motifs is 1. The number of aliphatic carboxylic acids is 1. The highest BCUT2D eigenvalue weighted by Gasteiger charge is 2.45. The van der Waals surface area contributed by atoms with Crippen LogP contribution in [0.5, 0.6) is 17.2 Å². The largest absolute Gasteiger partial charge is 0.497 e. The summed E-state index contributed by atoms with van der Waals surface area (Å²) in [6.45, 7) is 1.04. The molecule has 28 heavy (non-hydrogen) atoms. The fourth-order valence-electron chi connectivity index (χ4n) is 3.48. The minimum Gasteiger partial charge on any atom is -0.497 e. The van der Waals surface area contributed by atoms with Crippen LogP contribution < -0.4 is 19.5 Å². The van der Waals surface area contributed by atoms with Gasteiger partial charge in [-0.25, -0.2) is 4.79 Å². The van der Waals surface area contributed by atoms with Crippen LogP contribution in [0, 0.1) is 5.92 Å². The van der Waals surface area contributed by atoms with Gasteiger partial charge in [-0.2, -0.15) is 0 Å². The third kappa shape index (κ3) is 3.60. The molecule has 0 spiro atoms. The molecule has 1 saturated carbocycles. The van der Waals surface area contributed by atoms with Crippen molar-refractivity contribution in [2.45, 2.75) is 18.4 Å². The zero-order valence-corrected chi connectivity index (χ0v) is 15.4. The van der Waals surface area contributed by atoms with Crippen LogP contribution in [0.15, 0.2) is 42.5 Å². The molecule has 2 aromatic carbocycles. The molecule has 146 valence electrons. The average molecular weight is 383 g/mol. The Morgan fingerprint density at radius 1 is 1.11 bits per heavy atom. The Morgan fingerprint density at radius 2 is 1.82 bits per heavy atom. The van der Waals surface area contributed by atoms with Gasteiger partial charge in [-0.15, -0.1) is 0 Å². The molecule has 3 unspecified atom stereocenters. The van der Waals surface area contributed by atoms with E-state index in [-0.39, 0.29) is 17.7 Å². The maximum atomic E-state index is 12.6. The molecule has 0 saturated heterocycles. The molecule has 4 rings (SSSR count). The third-order valence-corrected chi connectivity index (χ3v) is 5.10. The summed E-state index contributed by atoms with van der Waals surface area (Å²) < 4.78 is 16.2. The maximum absolute atomic E-state index is 12.6. The van der Waals surface area contributed by atoms with Gasteiger partial charge in [0.2, 0.25) is 5.91 Å². The molecule has 0 bridgehead atoms. The Labute approximate surface area is 162 Å². The van der Waals surface area contributed by atoms with Crippen molar-refractivity contribution in [2.75, 3.05) is 20.3 Å². The molecule has 7 heteroatoms. The van der Waals surface area contributed by atoms with Crippen molar-refractivity contribution in [2.24, 2.45) is 5.92 Å². The van der Waals surface area contributed by atoms with Crippen LogP contribution in [-0.2, 0) is 9.59 Å². The van der Waals surface area contributed by atoms with Crippen LogP contribution in [-0.4, -0.2) is 37.3 Å². The van der Waals surface area contributed by atoms with Gasteiger partial charge in [0.25, 0.3) is 0 Å². The van der Waals surface area contributed by atoms with Crippen LogP contribution in [0.25, 0.3) is 0 Å². The predicted octanol–water partition coefficient (Wildman–Crippen LogP) is 2.51. The first-order valence-electron chi connectivity index (χ1n) is 9.13. The number of methoxy groups -OCH3 is 1. The minimum atomic E-state index is -1.10. The average Bonchev–Trinajstić information content (AvgIpc) is 3.52. The summed E-state index contributed by atoms with van der Waals surface area (Å²) in [5.74, 6) is 0.473. The highest BCUT2D eigenvalue weighted by molar-refractivity contribution is 5.88. The van der Waals surface area contributed by atoms with Crippen molar-refractivity contribution in [3.8, 4) is 17.2 Å². The van der Waals surface area contributed by atoms with E-state index in [0.29, 0.717) is 42.4 Å². The zero-order chi connectivity index (χ0) is 19.7. The maximum Gasteiger partial charge on any atom is 0.330 e. The molecule has 2 N–H and O–H groups in total. The van der Waals surface area contributed by atoms with Gasteiger partial charge >= 0.3 is 5.97 Å². The van der Waals surface area contributed by atoms with Gasteiger partial charge in [-0.3, -0.25) is 4.79 Å². The van der Waals surface area contributed by atoms with E-state index in [9.17, 15) is 14.7 Å². The normalized spacial score (nSPS) is 20.8. The fraction of sp³-hybridized carbons (Fsp3) is 0.333. The van der Waals surface area contributed by atoms with Gasteiger partial charge in [0, 0.05) is 5.92 Å². The number of nitrogens with one attached hydrogen (secondary N) is 1. The van der Waals surface area contributed by atoms with Crippen molar-refractivity contribution in [1.82, 2.24) is 5.32 Å². The molecule has 2 aromatic rings. The molecule has 7 nitrogen and oxygen atoms in total. The van der Waals surface area contributed by atoms with E-state index in [1.165, 1.54) is 7.11 Å². The lowest BCUT2D eigenvalue weighted by atomic mass is 10.1. The second kappa shape index (κ2) is 7.42. The number of carboxylic acid groups (broad SMARTS) is 1. The van der Waals surface area contributed by atoms with Crippen LogP contribution in [0.4, 0.5) is 0 Å². The molecule has 1 fully saturated rings. The molecule has 0 radical (unpaired) electrons. The number of benzene rings is 2. The lowest BCUT2D eigenvalue weighted by molar-refractivity contribution is -0.142. The molecule has 1 amide bonds. The number of hydrogen-bond acceptors (Lipinski definition) is 5. The number of rotatable bonds is 6. The molecule has 2 aliphatic rings. The Balaban J connectivity index is 1.43. The number of amides is 1. The summed E-state index contributed by atoms with van der Waals surface area (Å²) in [6, 6.07) is 11.2. The first-order valence-corrected chi connectivity index (χ1v) is 9.13. The summed E-state index contributed by atoms with van der Waals surface area (Å²) in [5.41, 5.74) is 1.50. The number of ether oxygens (including phenoxy) is 3. The molecule has 3 atom stereocenters. The van der Waals surface area contributed by atoms with Crippen molar-refractivity contribution in [3.63, 3.8) is 0 Å². The van der Waals surface area contributed by atoms with Crippen LogP contribution in [0.3, 0.4) is 0 Å². The number of carbonyl (C=O) groups is 2. The molecular formula is C21H21NO6. The topological polar surface area (TPSA) is 94.1 Å². The quantitative estimate of drug-likeness (QED) is 0.796. The lowest BCUT2D eigenvalue weighted by Gasteiger charge is -2.19. The molecule has 1 aliphatic carbocycles.